The number of alkyl halides is 2. The van der Waals surface area contributed by atoms with E-state index >= 15 is 0 Å². The van der Waals surface area contributed by atoms with Gasteiger partial charge in [-0.05, 0) is 23.3 Å². The summed E-state index contributed by atoms with van der Waals surface area (Å²) in [6, 6.07) is 10.7. The molecule has 0 aromatic heterocycles. The smallest absolute Gasteiger partial charge is 0.147 e. The van der Waals surface area contributed by atoms with Crippen LogP contribution >= 0.6 is 23.2 Å². The van der Waals surface area contributed by atoms with E-state index < -0.39 is 0 Å². The lowest BCUT2D eigenvalue weighted by Gasteiger charge is -2.20. The quantitative estimate of drug-likeness (QED) is 0.471. The van der Waals surface area contributed by atoms with Crippen molar-refractivity contribution in [1.29, 1.82) is 0 Å². The third-order valence-electron chi connectivity index (χ3n) is 4.13. The normalized spacial score (nSPS) is 12.6. The number of carbonyl (C=O) groups excluding carboxylic acids is 1. The Morgan fingerprint density at radius 3 is 1.48 bits per heavy atom. The first kappa shape index (κ1) is 20.9. The molecule has 0 bridgehead atoms. The summed E-state index contributed by atoms with van der Waals surface area (Å²) in [5, 5.41) is 0.194. The van der Waals surface area contributed by atoms with Crippen LogP contribution in [0.25, 0.3) is 0 Å². The molecule has 0 saturated carbocycles. The first-order chi connectivity index (χ1) is 11.8. The zero-order valence-electron chi connectivity index (χ0n) is 14.3. The van der Waals surface area contributed by atoms with Crippen molar-refractivity contribution in [2.75, 3.05) is 28.3 Å². The highest BCUT2D eigenvalue weighted by Crippen LogP contribution is 2.34. The Balaban J connectivity index is 0.000000970. The highest BCUT2D eigenvalue weighted by atomic mass is 35.5. The molecule has 0 aliphatic carbocycles. The maximum atomic E-state index is 12.8. The minimum absolute atomic E-state index is 0.0228. The summed E-state index contributed by atoms with van der Waals surface area (Å²) in [6.45, 7) is 3.65. The SMILES string of the molecule is CC(C(=O)C(C)c1cccc(N)c1N)c1cccc(N)c1N.ClCCl. The predicted octanol–water partition coefficient (Wildman–Crippen LogP) is 3.91. The van der Waals surface area contributed by atoms with Crippen molar-refractivity contribution in [2.24, 2.45) is 0 Å². The molecule has 0 heterocycles. The number of hydrogen-bond acceptors (Lipinski definition) is 5. The number of anilines is 4. The van der Waals surface area contributed by atoms with Gasteiger partial charge in [-0.15, -0.1) is 23.2 Å². The van der Waals surface area contributed by atoms with E-state index in [1.807, 2.05) is 26.0 Å². The van der Waals surface area contributed by atoms with Crippen molar-refractivity contribution in [3.63, 3.8) is 0 Å². The molecule has 2 aromatic rings. The van der Waals surface area contributed by atoms with Crippen molar-refractivity contribution in [3.8, 4) is 0 Å². The molecule has 136 valence electrons. The lowest BCUT2D eigenvalue weighted by atomic mass is 9.84. The molecule has 0 saturated heterocycles. The zero-order valence-corrected chi connectivity index (χ0v) is 15.8. The van der Waals surface area contributed by atoms with Crippen LogP contribution in [0.15, 0.2) is 36.4 Å². The number of benzene rings is 2. The minimum atomic E-state index is -0.376. The highest BCUT2D eigenvalue weighted by Gasteiger charge is 2.26. The molecule has 0 radical (unpaired) electrons. The van der Waals surface area contributed by atoms with Gasteiger partial charge >= 0.3 is 0 Å². The molecule has 5 nitrogen and oxygen atoms in total. The zero-order chi connectivity index (χ0) is 19.1. The van der Waals surface area contributed by atoms with E-state index in [0.717, 1.165) is 11.1 Å². The van der Waals surface area contributed by atoms with Gasteiger partial charge in [-0.1, -0.05) is 38.1 Å². The molecule has 0 amide bonds. The Bertz CT molecular complexity index is 678. The van der Waals surface area contributed by atoms with Crippen LogP contribution in [0.2, 0.25) is 0 Å². The van der Waals surface area contributed by atoms with Gasteiger partial charge in [-0.25, -0.2) is 0 Å². The molecule has 2 unspecified atom stereocenters. The number of rotatable bonds is 4. The van der Waals surface area contributed by atoms with Gasteiger partial charge in [0.15, 0.2) is 0 Å². The summed E-state index contributed by atoms with van der Waals surface area (Å²) in [4.78, 5) is 12.8. The van der Waals surface area contributed by atoms with Gasteiger partial charge < -0.3 is 22.9 Å². The molecule has 2 rings (SSSR count). The van der Waals surface area contributed by atoms with E-state index in [1.54, 1.807) is 24.3 Å². The number of halogens is 2. The average Bonchev–Trinajstić information content (AvgIpc) is 2.58. The Morgan fingerprint density at radius 2 is 1.16 bits per heavy atom. The summed E-state index contributed by atoms with van der Waals surface area (Å²) < 4.78 is 0. The number of ketones is 1. The number of nitrogen functional groups attached to an aromatic ring is 4. The Kier molecular flexibility index (Phi) is 7.87. The number of carbonyl (C=O) groups is 1. The van der Waals surface area contributed by atoms with E-state index in [-0.39, 0.29) is 23.0 Å². The van der Waals surface area contributed by atoms with Crippen molar-refractivity contribution in [1.82, 2.24) is 0 Å². The maximum Gasteiger partial charge on any atom is 0.147 e. The molecular weight excluding hydrogens is 359 g/mol. The van der Waals surface area contributed by atoms with Crippen LogP contribution < -0.4 is 22.9 Å². The summed E-state index contributed by atoms with van der Waals surface area (Å²) in [7, 11) is 0. The summed E-state index contributed by atoms with van der Waals surface area (Å²) in [6.07, 6.45) is 0. The summed E-state index contributed by atoms with van der Waals surface area (Å²) in [5.41, 5.74) is 27.0. The molecule has 0 spiro atoms. The van der Waals surface area contributed by atoms with Gasteiger partial charge in [0, 0.05) is 11.8 Å². The van der Waals surface area contributed by atoms with E-state index in [9.17, 15) is 4.79 Å². The molecule has 0 fully saturated rings. The number of Topliss-reactive ketones (excluding diaryl/α,β-unsaturated/α-hetero) is 1. The third-order valence-corrected chi connectivity index (χ3v) is 4.13. The van der Waals surface area contributed by atoms with Crippen LogP contribution in [0.5, 0.6) is 0 Å². The predicted molar refractivity (Wildman–Crippen MR) is 109 cm³/mol. The maximum absolute atomic E-state index is 12.8. The number of para-hydroxylation sites is 2. The van der Waals surface area contributed by atoms with Gasteiger partial charge in [0.25, 0.3) is 0 Å². The van der Waals surface area contributed by atoms with E-state index in [1.165, 1.54) is 0 Å². The molecule has 2 aromatic carbocycles. The fraction of sp³-hybridized carbons (Fsp3) is 0.278. The first-order valence-corrected chi connectivity index (χ1v) is 8.76. The van der Waals surface area contributed by atoms with Gasteiger partial charge in [0.05, 0.1) is 28.1 Å². The van der Waals surface area contributed by atoms with Crippen LogP contribution in [0.3, 0.4) is 0 Å². The molecule has 25 heavy (non-hydrogen) atoms. The van der Waals surface area contributed by atoms with Crippen LogP contribution in [-0.2, 0) is 4.79 Å². The fourth-order valence-electron chi connectivity index (χ4n) is 2.64. The van der Waals surface area contributed by atoms with Gasteiger partial charge in [-0.2, -0.15) is 0 Å². The van der Waals surface area contributed by atoms with Crippen molar-refractivity contribution < 1.29 is 4.79 Å². The van der Waals surface area contributed by atoms with Crippen LogP contribution in [0.1, 0.15) is 36.8 Å². The van der Waals surface area contributed by atoms with E-state index in [2.05, 4.69) is 0 Å². The minimum Gasteiger partial charge on any atom is -0.397 e. The molecular formula is C18H24Cl2N4O. The Hall–Kier alpha value is -2.11. The van der Waals surface area contributed by atoms with Crippen LogP contribution in [0.4, 0.5) is 22.7 Å². The van der Waals surface area contributed by atoms with E-state index in [4.69, 9.17) is 46.1 Å². The van der Waals surface area contributed by atoms with Gasteiger partial charge in [-0.3, -0.25) is 4.79 Å². The second-order valence-electron chi connectivity index (χ2n) is 5.65. The standard InChI is InChI=1S/C17H22N4O.CH2Cl2/c1-9(11-5-3-7-13(18)15(11)20)17(22)10(2)12-6-4-8-14(19)16(12)21;2-1-3/h3-10H,18-21H2,1-2H3;1H2. The molecule has 0 aliphatic heterocycles. The Morgan fingerprint density at radius 1 is 0.840 bits per heavy atom. The second-order valence-corrected chi connectivity index (χ2v) is 6.46. The monoisotopic (exact) mass is 382 g/mol. The molecule has 8 N–H and O–H groups in total. The lowest BCUT2D eigenvalue weighted by molar-refractivity contribution is -0.121. The lowest BCUT2D eigenvalue weighted by Crippen LogP contribution is -2.19. The Labute approximate surface area is 158 Å². The first-order valence-electron chi connectivity index (χ1n) is 7.69. The molecule has 0 aliphatic rings. The molecule has 2 atom stereocenters. The number of hydrogen-bond donors (Lipinski definition) is 4. The number of nitrogens with two attached hydrogens (primary N) is 4. The summed E-state index contributed by atoms with van der Waals surface area (Å²) >= 11 is 9.53. The third kappa shape index (κ3) is 4.94. The largest absolute Gasteiger partial charge is 0.397 e. The van der Waals surface area contributed by atoms with Crippen molar-refractivity contribution in [2.45, 2.75) is 25.7 Å². The second kappa shape index (κ2) is 9.39. The summed E-state index contributed by atoms with van der Waals surface area (Å²) in [5.74, 6) is -0.728. The molecule has 7 heteroatoms. The van der Waals surface area contributed by atoms with Crippen molar-refractivity contribution in [3.05, 3.63) is 47.5 Å². The van der Waals surface area contributed by atoms with Crippen molar-refractivity contribution >= 4 is 51.7 Å². The van der Waals surface area contributed by atoms with Crippen LogP contribution in [-0.4, -0.2) is 11.1 Å². The fourth-order valence-corrected chi connectivity index (χ4v) is 2.64. The topological polar surface area (TPSA) is 121 Å². The average molecular weight is 383 g/mol. The van der Waals surface area contributed by atoms with Gasteiger partial charge in [0.1, 0.15) is 5.78 Å². The van der Waals surface area contributed by atoms with E-state index in [0.29, 0.717) is 22.7 Å². The van der Waals surface area contributed by atoms with Crippen LogP contribution in [0, 0.1) is 0 Å². The highest BCUT2D eigenvalue weighted by molar-refractivity contribution is 6.40. The van der Waals surface area contributed by atoms with Gasteiger partial charge in [0.2, 0.25) is 0 Å².